The Labute approximate surface area is 180 Å². The predicted molar refractivity (Wildman–Crippen MR) is 118 cm³/mol. The van der Waals surface area contributed by atoms with Crippen LogP contribution < -0.4 is 10.1 Å². The fourth-order valence-corrected chi connectivity index (χ4v) is 2.98. The molecule has 0 aliphatic rings. The van der Waals surface area contributed by atoms with Crippen molar-refractivity contribution in [1.29, 1.82) is 0 Å². The Bertz CT molecular complexity index is 1120. The summed E-state index contributed by atoms with van der Waals surface area (Å²) in [6, 6.07) is 18.5. The average Bonchev–Trinajstić information content (AvgIpc) is 2.79. The lowest BCUT2D eigenvalue weighted by atomic mass is 9.98. The summed E-state index contributed by atoms with van der Waals surface area (Å²) in [7, 11) is 1.54. The van der Waals surface area contributed by atoms with Gasteiger partial charge in [0.1, 0.15) is 5.75 Å². The van der Waals surface area contributed by atoms with Crippen molar-refractivity contribution in [1.82, 2.24) is 0 Å². The number of methoxy groups -OCH3 is 1. The topological polar surface area (TPSA) is 81.7 Å². The van der Waals surface area contributed by atoms with Crippen molar-refractivity contribution in [3.8, 4) is 5.75 Å². The van der Waals surface area contributed by atoms with Gasteiger partial charge in [-0.1, -0.05) is 24.3 Å². The van der Waals surface area contributed by atoms with E-state index >= 15 is 0 Å². The number of ether oxygens (including phenoxy) is 2. The summed E-state index contributed by atoms with van der Waals surface area (Å²) in [5, 5.41) is 2.70. The summed E-state index contributed by atoms with van der Waals surface area (Å²) in [6.45, 7) is 3.46. The van der Waals surface area contributed by atoms with E-state index in [2.05, 4.69) is 5.32 Å². The molecule has 0 saturated heterocycles. The Morgan fingerprint density at radius 3 is 2.16 bits per heavy atom. The number of amides is 1. The Morgan fingerprint density at radius 2 is 1.52 bits per heavy atom. The molecule has 3 rings (SSSR count). The average molecular weight is 417 g/mol. The minimum atomic E-state index is -0.743. The van der Waals surface area contributed by atoms with Crippen LogP contribution in [-0.4, -0.2) is 31.4 Å². The van der Waals surface area contributed by atoms with Crippen LogP contribution in [0.3, 0.4) is 0 Å². The fraction of sp³-hybridized carbons (Fsp3) is 0.160. The Balaban J connectivity index is 1.68. The van der Waals surface area contributed by atoms with Crippen molar-refractivity contribution in [2.45, 2.75) is 13.8 Å². The number of rotatable bonds is 7. The highest BCUT2D eigenvalue weighted by atomic mass is 16.5. The first-order valence-corrected chi connectivity index (χ1v) is 9.71. The van der Waals surface area contributed by atoms with Crippen molar-refractivity contribution >= 4 is 23.3 Å². The van der Waals surface area contributed by atoms with Crippen LogP contribution >= 0.6 is 0 Å². The number of hydrogen-bond acceptors (Lipinski definition) is 5. The van der Waals surface area contributed by atoms with Crippen LogP contribution in [0.4, 0.5) is 5.69 Å². The summed E-state index contributed by atoms with van der Waals surface area (Å²) in [5.74, 6) is -0.905. The second-order valence-corrected chi connectivity index (χ2v) is 7.03. The van der Waals surface area contributed by atoms with Crippen LogP contribution in [0, 0.1) is 13.8 Å². The zero-order valence-electron chi connectivity index (χ0n) is 17.6. The first-order valence-electron chi connectivity index (χ1n) is 9.71. The van der Waals surface area contributed by atoms with Gasteiger partial charge in [0.15, 0.2) is 12.4 Å². The van der Waals surface area contributed by atoms with Gasteiger partial charge in [-0.05, 0) is 67.4 Å². The Hall–Kier alpha value is -3.93. The van der Waals surface area contributed by atoms with Gasteiger partial charge >= 0.3 is 5.97 Å². The van der Waals surface area contributed by atoms with Crippen LogP contribution in [0.5, 0.6) is 5.75 Å². The van der Waals surface area contributed by atoms with Crippen molar-refractivity contribution in [2.24, 2.45) is 0 Å². The zero-order valence-corrected chi connectivity index (χ0v) is 17.6. The molecule has 1 amide bonds. The summed E-state index contributed by atoms with van der Waals surface area (Å²) >= 11 is 0. The molecule has 0 fully saturated rings. The van der Waals surface area contributed by atoms with E-state index in [0.717, 1.165) is 11.1 Å². The van der Waals surface area contributed by atoms with Crippen molar-refractivity contribution < 1.29 is 23.9 Å². The first kappa shape index (κ1) is 21.8. The second-order valence-electron chi connectivity index (χ2n) is 7.03. The van der Waals surface area contributed by atoms with Gasteiger partial charge in [0.05, 0.1) is 12.7 Å². The van der Waals surface area contributed by atoms with Gasteiger partial charge < -0.3 is 14.8 Å². The predicted octanol–water partition coefficient (Wildman–Crippen LogP) is 4.34. The summed E-state index contributed by atoms with van der Waals surface area (Å²) in [6.07, 6.45) is 0. The first-order chi connectivity index (χ1) is 14.9. The molecule has 1 N–H and O–H groups in total. The minimum absolute atomic E-state index is 0.0994. The highest BCUT2D eigenvalue weighted by Crippen LogP contribution is 2.19. The molecular formula is C25H23NO5. The molecule has 0 heterocycles. The molecular weight excluding hydrogens is 394 g/mol. The molecule has 0 radical (unpaired) electrons. The molecule has 6 heteroatoms. The molecule has 31 heavy (non-hydrogen) atoms. The van der Waals surface area contributed by atoms with E-state index in [9.17, 15) is 14.4 Å². The van der Waals surface area contributed by atoms with E-state index in [-0.39, 0.29) is 16.9 Å². The molecule has 0 bridgehead atoms. The van der Waals surface area contributed by atoms with Gasteiger partial charge in [-0.3, -0.25) is 9.59 Å². The lowest BCUT2D eigenvalue weighted by Gasteiger charge is -2.10. The quantitative estimate of drug-likeness (QED) is 0.457. The van der Waals surface area contributed by atoms with Gasteiger partial charge in [0.2, 0.25) is 0 Å². The summed E-state index contributed by atoms with van der Waals surface area (Å²) in [4.78, 5) is 37.6. The number of carbonyl (C=O) groups excluding carboxylic acids is 3. The number of carbonyl (C=O) groups is 3. The van der Waals surface area contributed by atoms with E-state index in [1.54, 1.807) is 48.5 Å². The maximum absolute atomic E-state index is 12.9. The van der Waals surface area contributed by atoms with E-state index < -0.39 is 18.5 Å². The molecule has 0 aliphatic carbocycles. The lowest BCUT2D eigenvalue weighted by molar-refractivity contribution is -0.119. The van der Waals surface area contributed by atoms with Gasteiger partial charge in [-0.25, -0.2) is 4.79 Å². The van der Waals surface area contributed by atoms with Crippen LogP contribution in [0.1, 0.15) is 37.4 Å². The molecule has 3 aromatic rings. The van der Waals surface area contributed by atoms with Crippen molar-refractivity contribution in [3.05, 3.63) is 94.5 Å². The largest absolute Gasteiger partial charge is 0.497 e. The van der Waals surface area contributed by atoms with Gasteiger partial charge in [0.25, 0.3) is 5.91 Å². The molecule has 6 nitrogen and oxygen atoms in total. The van der Waals surface area contributed by atoms with Crippen molar-refractivity contribution in [2.75, 3.05) is 19.0 Å². The molecule has 0 atom stereocenters. The monoisotopic (exact) mass is 417 g/mol. The molecule has 0 spiro atoms. The van der Waals surface area contributed by atoms with Gasteiger partial charge in [-0.2, -0.15) is 0 Å². The fourth-order valence-electron chi connectivity index (χ4n) is 2.98. The SMILES string of the molecule is COc1ccc(C(=O)c2ccccc2C(=O)OCC(=O)Nc2ccc(C)c(C)c2)cc1. The van der Waals surface area contributed by atoms with Crippen molar-refractivity contribution in [3.63, 3.8) is 0 Å². The van der Waals surface area contributed by atoms with Gasteiger partial charge in [0, 0.05) is 16.8 Å². The number of aryl methyl sites for hydroxylation is 2. The van der Waals surface area contributed by atoms with E-state index in [4.69, 9.17) is 9.47 Å². The Morgan fingerprint density at radius 1 is 0.839 bits per heavy atom. The number of esters is 1. The maximum atomic E-state index is 12.9. The molecule has 0 aromatic heterocycles. The van der Waals surface area contributed by atoms with E-state index in [1.165, 1.54) is 13.2 Å². The smallest absolute Gasteiger partial charge is 0.339 e. The second kappa shape index (κ2) is 9.71. The molecule has 0 aliphatic heterocycles. The number of nitrogens with one attached hydrogen (secondary N) is 1. The zero-order chi connectivity index (χ0) is 22.4. The maximum Gasteiger partial charge on any atom is 0.339 e. The third kappa shape index (κ3) is 5.36. The third-order valence-corrected chi connectivity index (χ3v) is 4.87. The van der Waals surface area contributed by atoms with Crippen LogP contribution in [0.15, 0.2) is 66.7 Å². The number of ketones is 1. The third-order valence-electron chi connectivity index (χ3n) is 4.87. The van der Waals surface area contributed by atoms with E-state index in [0.29, 0.717) is 17.0 Å². The number of benzene rings is 3. The minimum Gasteiger partial charge on any atom is -0.497 e. The molecule has 3 aromatic carbocycles. The lowest BCUT2D eigenvalue weighted by Crippen LogP contribution is -2.22. The molecule has 158 valence electrons. The highest BCUT2D eigenvalue weighted by molar-refractivity contribution is 6.14. The van der Waals surface area contributed by atoms with E-state index in [1.807, 2.05) is 26.0 Å². The van der Waals surface area contributed by atoms with Gasteiger partial charge in [-0.15, -0.1) is 0 Å². The van der Waals surface area contributed by atoms with Crippen LogP contribution in [-0.2, 0) is 9.53 Å². The standard InChI is InChI=1S/C25H23NO5/c1-16-8-11-19(14-17(16)2)26-23(27)15-31-25(29)22-7-5-4-6-21(22)24(28)18-9-12-20(30-3)13-10-18/h4-14H,15H2,1-3H3,(H,26,27). The number of hydrogen-bond donors (Lipinski definition) is 1. The van der Waals surface area contributed by atoms with Crippen LogP contribution in [0.2, 0.25) is 0 Å². The number of anilines is 1. The summed E-state index contributed by atoms with van der Waals surface area (Å²) < 4.78 is 10.3. The molecule has 0 unspecified atom stereocenters. The highest BCUT2D eigenvalue weighted by Gasteiger charge is 2.20. The Kier molecular flexibility index (Phi) is 6.82. The molecule has 0 saturated carbocycles. The van der Waals surface area contributed by atoms with Crippen LogP contribution in [0.25, 0.3) is 0 Å². The normalized spacial score (nSPS) is 10.3. The summed E-state index contributed by atoms with van der Waals surface area (Å²) in [5.41, 5.74) is 3.49.